The van der Waals surface area contributed by atoms with Crippen molar-refractivity contribution in [1.29, 1.82) is 0 Å². The lowest BCUT2D eigenvalue weighted by molar-refractivity contribution is 0.0688. The Bertz CT molecular complexity index is 667. The van der Waals surface area contributed by atoms with Crippen molar-refractivity contribution in [1.82, 2.24) is 15.0 Å². The van der Waals surface area contributed by atoms with Crippen LogP contribution in [0.15, 0.2) is 18.2 Å². The molecule has 0 saturated heterocycles. The van der Waals surface area contributed by atoms with E-state index in [9.17, 15) is 9.18 Å². The molecule has 0 amide bonds. The van der Waals surface area contributed by atoms with Crippen molar-refractivity contribution in [3.05, 3.63) is 41.0 Å². The summed E-state index contributed by atoms with van der Waals surface area (Å²) in [5, 5.41) is 16.7. The molecular formula is C14H16FN3O3. The molecule has 0 fully saturated rings. The number of benzene rings is 1. The SMILES string of the molecule is COc1ccc(F)cc1Cn1nnc(C(=O)O)c1C(C)C. The van der Waals surface area contributed by atoms with Crippen molar-refractivity contribution in [3.63, 3.8) is 0 Å². The molecule has 0 aliphatic carbocycles. The molecule has 0 aliphatic rings. The van der Waals surface area contributed by atoms with E-state index < -0.39 is 11.8 Å². The number of carboxylic acids is 1. The zero-order valence-electron chi connectivity index (χ0n) is 12.0. The third-order valence-electron chi connectivity index (χ3n) is 3.09. The summed E-state index contributed by atoms with van der Waals surface area (Å²) in [7, 11) is 1.49. The van der Waals surface area contributed by atoms with Crippen LogP contribution >= 0.6 is 0 Å². The number of ether oxygens (including phenoxy) is 1. The van der Waals surface area contributed by atoms with Gasteiger partial charge in [0, 0.05) is 5.56 Å². The van der Waals surface area contributed by atoms with Gasteiger partial charge in [0.05, 0.1) is 19.3 Å². The van der Waals surface area contributed by atoms with E-state index in [2.05, 4.69) is 10.3 Å². The fraction of sp³-hybridized carbons (Fsp3) is 0.357. The Labute approximate surface area is 121 Å². The van der Waals surface area contributed by atoms with Gasteiger partial charge in [-0.1, -0.05) is 19.1 Å². The summed E-state index contributed by atoms with van der Waals surface area (Å²) in [6.07, 6.45) is 0. The highest BCUT2D eigenvalue weighted by Gasteiger charge is 2.22. The van der Waals surface area contributed by atoms with E-state index in [0.29, 0.717) is 17.0 Å². The summed E-state index contributed by atoms with van der Waals surface area (Å²) >= 11 is 0. The van der Waals surface area contributed by atoms with Crippen LogP contribution in [0.5, 0.6) is 5.75 Å². The van der Waals surface area contributed by atoms with Gasteiger partial charge in [-0.3, -0.25) is 0 Å². The van der Waals surface area contributed by atoms with E-state index in [4.69, 9.17) is 9.84 Å². The summed E-state index contributed by atoms with van der Waals surface area (Å²) in [6, 6.07) is 4.16. The highest BCUT2D eigenvalue weighted by Crippen LogP contribution is 2.23. The molecule has 112 valence electrons. The maximum Gasteiger partial charge on any atom is 0.358 e. The van der Waals surface area contributed by atoms with Crippen molar-refractivity contribution < 1.29 is 19.0 Å². The van der Waals surface area contributed by atoms with Gasteiger partial charge in [-0.15, -0.1) is 5.10 Å². The normalized spacial score (nSPS) is 10.9. The number of methoxy groups -OCH3 is 1. The lowest BCUT2D eigenvalue weighted by atomic mass is 10.1. The predicted octanol–water partition coefficient (Wildman–Crippen LogP) is 2.30. The molecule has 0 spiro atoms. The Morgan fingerprint density at radius 3 is 2.76 bits per heavy atom. The summed E-state index contributed by atoms with van der Waals surface area (Å²) in [6.45, 7) is 3.89. The average Bonchev–Trinajstić information content (AvgIpc) is 2.83. The fourth-order valence-corrected chi connectivity index (χ4v) is 2.19. The largest absolute Gasteiger partial charge is 0.496 e. The van der Waals surface area contributed by atoms with E-state index in [1.54, 1.807) is 0 Å². The number of rotatable bonds is 5. The molecule has 0 aliphatic heterocycles. The number of carbonyl (C=O) groups is 1. The molecule has 1 aromatic carbocycles. The minimum absolute atomic E-state index is 0.0781. The monoisotopic (exact) mass is 293 g/mol. The number of halogens is 1. The van der Waals surface area contributed by atoms with Crippen LogP contribution in [-0.2, 0) is 6.54 Å². The molecule has 0 radical (unpaired) electrons. The number of hydrogen-bond acceptors (Lipinski definition) is 4. The Kier molecular flexibility index (Phi) is 4.21. The van der Waals surface area contributed by atoms with Crippen LogP contribution in [0.25, 0.3) is 0 Å². The van der Waals surface area contributed by atoms with Gasteiger partial charge in [0.1, 0.15) is 11.6 Å². The first-order valence-electron chi connectivity index (χ1n) is 6.43. The second-order valence-corrected chi connectivity index (χ2v) is 4.90. The van der Waals surface area contributed by atoms with Crippen molar-refractivity contribution >= 4 is 5.97 Å². The molecule has 0 bridgehead atoms. The van der Waals surface area contributed by atoms with Crippen molar-refractivity contribution in [2.75, 3.05) is 7.11 Å². The molecule has 0 unspecified atom stereocenters. The molecule has 1 N–H and O–H groups in total. The van der Waals surface area contributed by atoms with Gasteiger partial charge < -0.3 is 9.84 Å². The Morgan fingerprint density at radius 1 is 1.48 bits per heavy atom. The molecule has 6 nitrogen and oxygen atoms in total. The van der Waals surface area contributed by atoms with Crippen LogP contribution in [-0.4, -0.2) is 33.2 Å². The minimum atomic E-state index is -1.13. The van der Waals surface area contributed by atoms with Gasteiger partial charge in [0.25, 0.3) is 0 Å². The predicted molar refractivity (Wildman–Crippen MR) is 73.1 cm³/mol. The molecule has 7 heteroatoms. The minimum Gasteiger partial charge on any atom is -0.496 e. The van der Waals surface area contributed by atoms with E-state index in [0.717, 1.165) is 0 Å². The molecule has 1 aromatic heterocycles. The van der Waals surface area contributed by atoms with Gasteiger partial charge in [-0.05, 0) is 24.1 Å². The number of hydrogen-bond donors (Lipinski definition) is 1. The Balaban J connectivity index is 2.45. The maximum absolute atomic E-state index is 13.4. The van der Waals surface area contributed by atoms with E-state index >= 15 is 0 Å². The third kappa shape index (κ3) is 3.01. The van der Waals surface area contributed by atoms with Gasteiger partial charge in [-0.25, -0.2) is 13.9 Å². The van der Waals surface area contributed by atoms with Crippen LogP contribution in [0.2, 0.25) is 0 Å². The van der Waals surface area contributed by atoms with Crippen molar-refractivity contribution in [3.8, 4) is 5.75 Å². The quantitative estimate of drug-likeness (QED) is 0.915. The highest BCUT2D eigenvalue weighted by atomic mass is 19.1. The van der Waals surface area contributed by atoms with E-state index in [1.807, 2.05) is 13.8 Å². The smallest absolute Gasteiger partial charge is 0.358 e. The lowest BCUT2D eigenvalue weighted by Gasteiger charge is -2.12. The second-order valence-electron chi connectivity index (χ2n) is 4.90. The molecule has 21 heavy (non-hydrogen) atoms. The first-order chi connectivity index (χ1) is 9.93. The van der Waals surface area contributed by atoms with Crippen molar-refractivity contribution in [2.45, 2.75) is 26.3 Å². The molecule has 1 heterocycles. The summed E-state index contributed by atoms with van der Waals surface area (Å²) < 4.78 is 20.0. The second kappa shape index (κ2) is 5.90. The topological polar surface area (TPSA) is 77.2 Å². The zero-order chi connectivity index (χ0) is 15.6. The van der Waals surface area contributed by atoms with Crippen LogP contribution in [0.1, 0.15) is 41.5 Å². The van der Waals surface area contributed by atoms with Gasteiger partial charge in [0.2, 0.25) is 0 Å². The Hall–Kier alpha value is -2.44. The average molecular weight is 293 g/mol. The van der Waals surface area contributed by atoms with Crippen LogP contribution in [0.3, 0.4) is 0 Å². The summed E-state index contributed by atoms with van der Waals surface area (Å²) in [5.74, 6) is -1.09. The maximum atomic E-state index is 13.4. The number of nitrogens with zero attached hydrogens (tertiary/aromatic N) is 3. The van der Waals surface area contributed by atoms with Crippen molar-refractivity contribution in [2.24, 2.45) is 0 Å². The fourth-order valence-electron chi connectivity index (χ4n) is 2.19. The standard InChI is InChI=1S/C14H16FN3O3/c1-8(2)13-12(14(19)20)16-17-18(13)7-9-6-10(15)4-5-11(9)21-3/h4-6,8H,7H2,1-3H3,(H,19,20). The Morgan fingerprint density at radius 2 is 2.19 bits per heavy atom. The lowest BCUT2D eigenvalue weighted by Crippen LogP contribution is -2.11. The van der Waals surface area contributed by atoms with Gasteiger partial charge in [0.15, 0.2) is 5.69 Å². The third-order valence-corrected chi connectivity index (χ3v) is 3.09. The van der Waals surface area contributed by atoms with Crippen LogP contribution in [0, 0.1) is 5.82 Å². The van der Waals surface area contributed by atoms with Gasteiger partial charge >= 0.3 is 5.97 Å². The first-order valence-corrected chi connectivity index (χ1v) is 6.43. The molecule has 2 rings (SSSR count). The van der Waals surface area contributed by atoms with Crippen LogP contribution < -0.4 is 4.74 Å². The number of aromatic nitrogens is 3. The van der Waals surface area contributed by atoms with E-state index in [1.165, 1.54) is 30.0 Å². The number of carboxylic acid groups (broad SMARTS) is 1. The van der Waals surface area contributed by atoms with E-state index in [-0.39, 0.29) is 18.2 Å². The molecule has 0 atom stereocenters. The highest BCUT2D eigenvalue weighted by molar-refractivity contribution is 5.86. The van der Waals surface area contributed by atoms with Gasteiger partial charge in [-0.2, -0.15) is 0 Å². The van der Waals surface area contributed by atoms with Crippen LogP contribution in [0.4, 0.5) is 4.39 Å². The first kappa shape index (κ1) is 15.0. The molecular weight excluding hydrogens is 277 g/mol. The molecule has 2 aromatic rings. The molecule has 0 saturated carbocycles. The zero-order valence-corrected chi connectivity index (χ0v) is 12.0. The summed E-state index contributed by atoms with van der Waals surface area (Å²) in [5.41, 5.74) is 0.982. The number of aromatic carboxylic acids is 1. The summed E-state index contributed by atoms with van der Waals surface area (Å²) in [4.78, 5) is 11.2.